The average Bonchev–Trinajstić information content (AvgIpc) is 2.70. The standard InChI is InChI=1S/C22H23ClO6/c1-5-28-20-11-15(10-18(23)22(20)27-4)6-9-21(25)29-13-17-12-16(14(2)24)7-8-19(17)26-3/h6-12H,5,13H2,1-4H3/b9-6+. The molecule has 2 rings (SSSR count). The van der Waals surface area contributed by atoms with Gasteiger partial charge in [-0.1, -0.05) is 11.6 Å². The predicted octanol–water partition coefficient (Wildman–Crippen LogP) is 4.72. The topological polar surface area (TPSA) is 71.1 Å². The maximum Gasteiger partial charge on any atom is 0.331 e. The van der Waals surface area contributed by atoms with Gasteiger partial charge in [-0.15, -0.1) is 0 Å². The first-order valence-corrected chi connectivity index (χ1v) is 9.30. The zero-order valence-corrected chi connectivity index (χ0v) is 17.5. The highest BCUT2D eigenvalue weighted by atomic mass is 35.5. The molecule has 0 amide bonds. The molecule has 0 heterocycles. The van der Waals surface area contributed by atoms with Crippen LogP contribution < -0.4 is 14.2 Å². The van der Waals surface area contributed by atoms with Crippen molar-refractivity contribution in [3.8, 4) is 17.2 Å². The first-order chi connectivity index (χ1) is 13.9. The monoisotopic (exact) mass is 418 g/mol. The molecule has 0 fully saturated rings. The molecule has 29 heavy (non-hydrogen) atoms. The van der Waals surface area contributed by atoms with E-state index in [9.17, 15) is 9.59 Å². The molecule has 0 spiro atoms. The van der Waals surface area contributed by atoms with Crippen LogP contribution in [0.5, 0.6) is 17.2 Å². The Morgan fingerprint density at radius 1 is 1.07 bits per heavy atom. The van der Waals surface area contributed by atoms with E-state index in [1.807, 2.05) is 6.92 Å². The summed E-state index contributed by atoms with van der Waals surface area (Å²) in [7, 11) is 3.02. The summed E-state index contributed by atoms with van der Waals surface area (Å²) in [6.45, 7) is 3.74. The number of methoxy groups -OCH3 is 2. The first-order valence-electron chi connectivity index (χ1n) is 8.92. The molecule has 154 valence electrons. The van der Waals surface area contributed by atoms with E-state index in [0.717, 1.165) is 0 Å². The number of carbonyl (C=O) groups excluding carboxylic acids is 2. The Balaban J connectivity index is 2.11. The maximum absolute atomic E-state index is 12.1. The van der Waals surface area contributed by atoms with Crippen LogP contribution in [0.25, 0.3) is 6.08 Å². The van der Waals surface area contributed by atoms with Crippen molar-refractivity contribution in [2.24, 2.45) is 0 Å². The molecule has 0 unspecified atom stereocenters. The highest BCUT2D eigenvalue weighted by molar-refractivity contribution is 6.32. The minimum atomic E-state index is -0.551. The van der Waals surface area contributed by atoms with Gasteiger partial charge in [0, 0.05) is 17.2 Å². The lowest BCUT2D eigenvalue weighted by Gasteiger charge is -2.12. The number of benzene rings is 2. The number of ketones is 1. The number of hydrogen-bond acceptors (Lipinski definition) is 6. The van der Waals surface area contributed by atoms with Gasteiger partial charge in [0.2, 0.25) is 0 Å². The Morgan fingerprint density at radius 3 is 2.45 bits per heavy atom. The zero-order chi connectivity index (χ0) is 21.4. The van der Waals surface area contributed by atoms with E-state index in [0.29, 0.717) is 45.6 Å². The number of rotatable bonds is 9. The van der Waals surface area contributed by atoms with Crippen molar-refractivity contribution < 1.29 is 28.5 Å². The minimum absolute atomic E-state index is 0.0268. The van der Waals surface area contributed by atoms with E-state index in [1.54, 1.807) is 36.4 Å². The summed E-state index contributed by atoms with van der Waals surface area (Å²) in [4.78, 5) is 23.7. The Bertz CT molecular complexity index is 920. The third kappa shape index (κ3) is 5.99. The van der Waals surface area contributed by atoms with E-state index >= 15 is 0 Å². The first kappa shape index (κ1) is 22.3. The molecule has 2 aromatic carbocycles. The van der Waals surface area contributed by atoms with Crippen molar-refractivity contribution in [1.29, 1.82) is 0 Å². The molecule has 0 aliphatic heterocycles. The van der Waals surface area contributed by atoms with Crippen LogP contribution >= 0.6 is 11.6 Å². The molecule has 0 atom stereocenters. The summed E-state index contributed by atoms with van der Waals surface area (Å²) in [5, 5.41) is 0.372. The van der Waals surface area contributed by atoms with Crippen LogP contribution in [0, 0.1) is 0 Å². The fraction of sp³-hybridized carbons (Fsp3) is 0.273. The minimum Gasteiger partial charge on any atom is -0.496 e. The highest BCUT2D eigenvalue weighted by Gasteiger charge is 2.12. The van der Waals surface area contributed by atoms with E-state index in [4.69, 9.17) is 30.5 Å². The van der Waals surface area contributed by atoms with Crippen LogP contribution in [0.4, 0.5) is 0 Å². The summed E-state index contributed by atoms with van der Waals surface area (Å²) in [6, 6.07) is 8.36. The molecule has 2 aromatic rings. The Kier molecular flexibility index (Phi) is 8.09. The van der Waals surface area contributed by atoms with Gasteiger partial charge in [0.25, 0.3) is 0 Å². The van der Waals surface area contributed by atoms with Crippen molar-refractivity contribution in [3.63, 3.8) is 0 Å². The second kappa shape index (κ2) is 10.5. The van der Waals surface area contributed by atoms with Gasteiger partial charge in [-0.05, 0) is 55.8 Å². The van der Waals surface area contributed by atoms with Crippen molar-refractivity contribution in [1.82, 2.24) is 0 Å². The van der Waals surface area contributed by atoms with Crippen molar-refractivity contribution >= 4 is 29.4 Å². The van der Waals surface area contributed by atoms with Gasteiger partial charge in [-0.3, -0.25) is 4.79 Å². The molecule has 0 saturated carbocycles. The summed E-state index contributed by atoms with van der Waals surface area (Å²) in [5.74, 6) is 0.828. The summed E-state index contributed by atoms with van der Waals surface area (Å²) in [5.41, 5.74) is 1.78. The maximum atomic E-state index is 12.1. The SMILES string of the molecule is CCOc1cc(/C=C/C(=O)OCc2cc(C(C)=O)ccc2OC)cc(Cl)c1OC. The molecule has 0 aliphatic rings. The normalized spacial score (nSPS) is 10.7. The Hall–Kier alpha value is -2.99. The molecule has 7 heteroatoms. The highest BCUT2D eigenvalue weighted by Crippen LogP contribution is 2.36. The number of carbonyl (C=O) groups is 2. The van der Waals surface area contributed by atoms with Gasteiger partial charge in [0.05, 0.1) is 25.8 Å². The Morgan fingerprint density at radius 2 is 1.83 bits per heavy atom. The molecule has 0 bridgehead atoms. The number of hydrogen-bond donors (Lipinski definition) is 0. The summed E-state index contributed by atoms with van der Waals surface area (Å²) < 4.78 is 21.3. The van der Waals surface area contributed by atoms with Gasteiger partial charge < -0.3 is 18.9 Å². The van der Waals surface area contributed by atoms with Gasteiger partial charge in [-0.25, -0.2) is 4.79 Å². The average molecular weight is 419 g/mol. The van der Waals surface area contributed by atoms with Gasteiger partial charge in [0.15, 0.2) is 17.3 Å². The van der Waals surface area contributed by atoms with Crippen LogP contribution in [0.1, 0.15) is 35.3 Å². The van der Waals surface area contributed by atoms with Crippen LogP contribution in [0.3, 0.4) is 0 Å². The van der Waals surface area contributed by atoms with Gasteiger partial charge in [-0.2, -0.15) is 0 Å². The van der Waals surface area contributed by atoms with Crippen molar-refractivity contribution in [2.45, 2.75) is 20.5 Å². The number of ether oxygens (including phenoxy) is 4. The lowest BCUT2D eigenvalue weighted by Crippen LogP contribution is -2.04. The zero-order valence-electron chi connectivity index (χ0n) is 16.8. The third-order valence-electron chi connectivity index (χ3n) is 4.00. The number of esters is 1. The second-order valence-corrected chi connectivity index (χ2v) is 6.40. The van der Waals surface area contributed by atoms with E-state index in [1.165, 1.54) is 27.2 Å². The quantitative estimate of drug-likeness (QED) is 0.333. The fourth-order valence-corrected chi connectivity index (χ4v) is 2.91. The lowest BCUT2D eigenvalue weighted by molar-refractivity contribution is -0.138. The van der Waals surface area contributed by atoms with E-state index < -0.39 is 5.97 Å². The van der Waals surface area contributed by atoms with Crippen molar-refractivity contribution in [3.05, 3.63) is 58.1 Å². The molecular formula is C22H23ClO6. The Labute approximate surface area is 175 Å². The largest absolute Gasteiger partial charge is 0.496 e. The van der Waals surface area contributed by atoms with Crippen LogP contribution in [0.2, 0.25) is 5.02 Å². The molecule has 0 radical (unpaired) electrons. The fourth-order valence-electron chi connectivity index (χ4n) is 2.62. The van der Waals surface area contributed by atoms with Gasteiger partial charge in [0.1, 0.15) is 12.4 Å². The molecule has 6 nitrogen and oxygen atoms in total. The molecule has 0 N–H and O–H groups in total. The summed E-state index contributed by atoms with van der Waals surface area (Å²) >= 11 is 6.20. The number of Topliss-reactive ketones (excluding diaryl/α,β-unsaturated/α-hetero) is 1. The molecule has 0 aliphatic carbocycles. The van der Waals surface area contributed by atoms with E-state index in [2.05, 4.69) is 0 Å². The van der Waals surface area contributed by atoms with E-state index in [-0.39, 0.29) is 12.4 Å². The van der Waals surface area contributed by atoms with Gasteiger partial charge >= 0.3 is 5.97 Å². The molecular weight excluding hydrogens is 396 g/mol. The summed E-state index contributed by atoms with van der Waals surface area (Å²) in [6.07, 6.45) is 2.86. The lowest BCUT2D eigenvalue weighted by atomic mass is 10.1. The van der Waals surface area contributed by atoms with Crippen molar-refractivity contribution in [2.75, 3.05) is 20.8 Å². The molecule has 0 saturated heterocycles. The van der Waals surface area contributed by atoms with Crippen LogP contribution in [0.15, 0.2) is 36.4 Å². The third-order valence-corrected chi connectivity index (χ3v) is 4.29. The van der Waals surface area contributed by atoms with Crippen LogP contribution in [-0.4, -0.2) is 32.6 Å². The predicted molar refractivity (Wildman–Crippen MR) is 111 cm³/mol. The number of halogens is 1. The second-order valence-electron chi connectivity index (χ2n) is 5.99. The molecule has 0 aromatic heterocycles. The smallest absolute Gasteiger partial charge is 0.331 e. The van der Waals surface area contributed by atoms with Crippen LogP contribution in [-0.2, 0) is 16.1 Å².